The van der Waals surface area contributed by atoms with E-state index in [-0.39, 0.29) is 12.4 Å². The van der Waals surface area contributed by atoms with Crippen molar-refractivity contribution in [2.24, 2.45) is 5.41 Å². The van der Waals surface area contributed by atoms with Crippen molar-refractivity contribution in [3.63, 3.8) is 0 Å². The van der Waals surface area contributed by atoms with Gasteiger partial charge in [0.05, 0.1) is 18.8 Å². The first kappa shape index (κ1) is 18.0. The molecule has 2 aliphatic heterocycles. The summed E-state index contributed by atoms with van der Waals surface area (Å²) in [6.45, 7) is 4.53. The lowest BCUT2D eigenvalue weighted by atomic mass is 9.65. The quantitative estimate of drug-likeness (QED) is 0.548. The van der Waals surface area contributed by atoms with Crippen LogP contribution >= 0.6 is 0 Å². The van der Waals surface area contributed by atoms with E-state index in [0.717, 1.165) is 0 Å². The summed E-state index contributed by atoms with van der Waals surface area (Å²) in [6, 6.07) is 0. The summed E-state index contributed by atoms with van der Waals surface area (Å²) in [7, 11) is -5.69. The van der Waals surface area contributed by atoms with Gasteiger partial charge in [-0.25, -0.2) is 0 Å². The van der Waals surface area contributed by atoms with Gasteiger partial charge in [0.1, 0.15) is 12.4 Å². The Hall–Kier alpha value is -0.840. The Morgan fingerprint density at radius 3 is 2.29 bits per heavy atom. The maximum Gasteiger partial charge on any atom is 0.534 e. The van der Waals surface area contributed by atoms with Gasteiger partial charge in [-0.1, -0.05) is 13.8 Å². The maximum absolute atomic E-state index is 12.4. The number of rotatable bonds is 2. The number of hydrogen-bond donors (Lipinski definition) is 0. The molecule has 0 amide bonds. The molecule has 6 nitrogen and oxygen atoms in total. The lowest BCUT2D eigenvalue weighted by Crippen LogP contribution is -2.55. The van der Waals surface area contributed by atoms with Crippen LogP contribution in [0.2, 0.25) is 0 Å². The molecule has 3 rings (SSSR count). The van der Waals surface area contributed by atoms with E-state index in [2.05, 4.69) is 4.18 Å². The van der Waals surface area contributed by atoms with E-state index in [1.165, 1.54) is 6.08 Å². The van der Waals surface area contributed by atoms with E-state index >= 15 is 0 Å². The van der Waals surface area contributed by atoms with Crippen LogP contribution in [0.15, 0.2) is 11.8 Å². The summed E-state index contributed by atoms with van der Waals surface area (Å²) < 4.78 is 80.9. The van der Waals surface area contributed by atoms with Crippen LogP contribution in [0.4, 0.5) is 13.2 Å². The fraction of sp³-hybridized carbons (Fsp3) is 0.857. The van der Waals surface area contributed by atoms with Gasteiger partial charge in [-0.3, -0.25) is 0 Å². The zero-order chi connectivity index (χ0) is 17.9. The van der Waals surface area contributed by atoms with Crippen LogP contribution in [0.1, 0.15) is 33.1 Å². The number of halogens is 3. The predicted octanol–water partition coefficient (Wildman–Crippen LogP) is 2.46. The van der Waals surface area contributed by atoms with E-state index in [4.69, 9.17) is 14.2 Å². The first-order valence-electron chi connectivity index (χ1n) is 7.55. The number of ether oxygens (including phenoxy) is 3. The molecule has 0 bridgehead atoms. The minimum atomic E-state index is -5.69. The SMILES string of the molecule is CC1(C)CC2(C=C(OS(=O)(=O)C(F)(F)F)CO2)CCC12OCCO2. The Bertz CT molecular complexity index is 648. The molecular weight excluding hydrogens is 353 g/mol. The normalized spacial score (nSPS) is 32.3. The summed E-state index contributed by atoms with van der Waals surface area (Å²) in [5.74, 6) is -1.08. The number of hydrogen-bond acceptors (Lipinski definition) is 6. The Morgan fingerprint density at radius 1 is 1.12 bits per heavy atom. The van der Waals surface area contributed by atoms with Gasteiger partial charge in [-0.2, -0.15) is 21.6 Å². The highest BCUT2D eigenvalue weighted by Crippen LogP contribution is 2.54. The molecule has 1 unspecified atom stereocenters. The van der Waals surface area contributed by atoms with Gasteiger partial charge in [0.25, 0.3) is 0 Å². The van der Waals surface area contributed by atoms with E-state index in [9.17, 15) is 21.6 Å². The van der Waals surface area contributed by atoms with Crippen molar-refractivity contribution in [2.75, 3.05) is 19.8 Å². The molecule has 2 heterocycles. The molecule has 24 heavy (non-hydrogen) atoms. The van der Waals surface area contributed by atoms with Crippen LogP contribution in [-0.2, 0) is 28.5 Å². The highest BCUT2D eigenvalue weighted by atomic mass is 32.2. The van der Waals surface area contributed by atoms with Gasteiger partial charge in [0, 0.05) is 11.8 Å². The molecule has 1 atom stereocenters. The second kappa shape index (κ2) is 5.33. The van der Waals surface area contributed by atoms with Crippen LogP contribution in [0, 0.1) is 5.41 Å². The molecular formula is C14H19F3O6S. The third-order valence-electron chi connectivity index (χ3n) is 4.83. The molecule has 0 aromatic carbocycles. The van der Waals surface area contributed by atoms with Crippen molar-refractivity contribution in [2.45, 2.75) is 50.0 Å². The third-order valence-corrected chi connectivity index (χ3v) is 5.83. The van der Waals surface area contributed by atoms with E-state index in [1.807, 2.05) is 13.8 Å². The van der Waals surface area contributed by atoms with E-state index < -0.39 is 32.4 Å². The van der Waals surface area contributed by atoms with Crippen LogP contribution in [-0.4, -0.2) is 45.1 Å². The second-order valence-electron chi connectivity index (χ2n) is 6.96. The standard InChI is InChI=1S/C14H19F3O6S/c1-11(2)9-12(3-4-13(11)20-5-6-21-13)7-10(8-22-12)23-24(18,19)14(15,16)17/h7H,3-6,8-9H2,1-2H3. The Labute approximate surface area is 138 Å². The van der Waals surface area contributed by atoms with Crippen molar-refractivity contribution < 1.29 is 40.0 Å². The molecule has 0 radical (unpaired) electrons. The van der Waals surface area contributed by atoms with Gasteiger partial charge in [0.15, 0.2) is 5.79 Å². The Morgan fingerprint density at radius 2 is 1.75 bits per heavy atom. The van der Waals surface area contributed by atoms with Crippen molar-refractivity contribution in [3.05, 3.63) is 11.8 Å². The van der Waals surface area contributed by atoms with E-state index in [1.54, 1.807) is 0 Å². The monoisotopic (exact) mass is 372 g/mol. The van der Waals surface area contributed by atoms with Gasteiger partial charge in [-0.15, -0.1) is 0 Å². The summed E-state index contributed by atoms with van der Waals surface area (Å²) in [6.07, 6.45) is 2.70. The first-order chi connectivity index (χ1) is 10.9. The van der Waals surface area contributed by atoms with E-state index in [0.29, 0.717) is 32.5 Å². The maximum atomic E-state index is 12.4. The average molecular weight is 372 g/mol. The minimum absolute atomic E-state index is 0.319. The van der Waals surface area contributed by atoms with Crippen LogP contribution in [0.25, 0.3) is 0 Å². The van der Waals surface area contributed by atoms with Crippen LogP contribution in [0.5, 0.6) is 0 Å². The molecule has 2 spiro atoms. The molecule has 138 valence electrons. The smallest absolute Gasteiger partial charge is 0.378 e. The molecule has 1 aliphatic carbocycles. The zero-order valence-electron chi connectivity index (χ0n) is 13.3. The first-order valence-corrected chi connectivity index (χ1v) is 8.96. The van der Waals surface area contributed by atoms with Crippen molar-refractivity contribution in [1.29, 1.82) is 0 Å². The minimum Gasteiger partial charge on any atom is -0.378 e. The molecule has 10 heteroatoms. The third kappa shape index (κ3) is 2.83. The average Bonchev–Trinajstić information content (AvgIpc) is 3.02. The molecule has 1 saturated heterocycles. The fourth-order valence-electron chi connectivity index (χ4n) is 3.75. The largest absolute Gasteiger partial charge is 0.534 e. The zero-order valence-corrected chi connectivity index (χ0v) is 14.1. The summed E-state index contributed by atoms with van der Waals surface area (Å²) >= 11 is 0. The van der Waals surface area contributed by atoms with Gasteiger partial charge < -0.3 is 18.4 Å². The van der Waals surface area contributed by atoms with Crippen LogP contribution < -0.4 is 0 Å². The van der Waals surface area contributed by atoms with Crippen molar-refractivity contribution in [1.82, 2.24) is 0 Å². The predicted molar refractivity (Wildman–Crippen MR) is 75.1 cm³/mol. The fourth-order valence-corrected chi connectivity index (χ4v) is 4.22. The van der Waals surface area contributed by atoms with Gasteiger partial charge in [0.2, 0.25) is 0 Å². The van der Waals surface area contributed by atoms with Gasteiger partial charge >= 0.3 is 15.6 Å². The molecule has 0 N–H and O–H groups in total. The van der Waals surface area contributed by atoms with Gasteiger partial charge in [-0.05, 0) is 18.9 Å². The highest BCUT2D eigenvalue weighted by Gasteiger charge is 2.59. The van der Waals surface area contributed by atoms with Crippen molar-refractivity contribution >= 4 is 10.1 Å². The summed E-state index contributed by atoms with van der Waals surface area (Å²) in [5, 5.41) is 0. The Balaban J connectivity index is 1.78. The Kier molecular flexibility index (Phi) is 3.99. The lowest BCUT2D eigenvalue weighted by molar-refractivity contribution is -0.267. The van der Waals surface area contributed by atoms with Crippen molar-refractivity contribution in [3.8, 4) is 0 Å². The molecule has 3 aliphatic rings. The second-order valence-corrected chi connectivity index (χ2v) is 8.50. The molecule has 0 aromatic heterocycles. The molecule has 1 saturated carbocycles. The topological polar surface area (TPSA) is 71.1 Å². The lowest BCUT2D eigenvalue weighted by Gasteiger charge is -2.51. The highest BCUT2D eigenvalue weighted by molar-refractivity contribution is 7.87. The number of alkyl halides is 3. The molecule has 2 fully saturated rings. The summed E-state index contributed by atoms with van der Waals surface area (Å²) in [4.78, 5) is 0. The van der Waals surface area contributed by atoms with Crippen LogP contribution in [0.3, 0.4) is 0 Å². The molecule has 0 aromatic rings. The summed E-state index contributed by atoms with van der Waals surface area (Å²) in [5.41, 5.74) is -6.80.